The van der Waals surface area contributed by atoms with E-state index in [1.807, 2.05) is 11.4 Å². The molecule has 0 atom stereocenters. The maximum Gasteiger partial charge on any atom is 0.244 e. The summed E-state index contributed by atoms with van der Waals surface area (Å²) >= 11 is 1.54. The lowest BCUT2D eigenvalue weighted by Crippen LogP contribution is -2.48. The molecule has 6 nitrogen and oxygen atoms in total. The number of hydrogen-bond acceptors (Lipinski definition) is 6. The van der Waals surface area contributed by atoms with Crippen molar-refractivity contribution in [2.75, 3.05) is 31.1 Å². The molecule has 0 bridgehead atoms. The fourth-order valence-electron chi connectivity index (χ4n) is 2.41. The van der Waals surface area contributed by atoms with E-state index in [0.29, 0.717) is 26.2 Å². The highest BCUT2D eigenvalue weighted by molar-refractivity contribution is 7.89. The predicted molar refractivity (Wildman–Crippen MR) is 84.2 cm³/mol. The number of thiazole rings is 1. The number of nitrogens with zero attached hydrogens (tertiary/aromatic N) is 4. The summed E-state index contributed by atoms with van der Waals surface area (Å²) in [7, 11) is -3.63. The molecule has 22 heavy (non-hydrogen) atoms. The Morgan fingerprint density at radius 3 is 2.55 bits per heavy atom. The number of sulfonamides is 1. The zero-order valence-corrected chi connectivity index (χ0v) is 13.3. The Labute approximate surface area is 133 Å². The van der Waals surface area contributed by atoms with Gasteiger partial charge in [-0.2, -0.15) is 9.57 Å². The summed E-state index contributed by atoms with van der Waals surface area (Å²) < 4.78 is 26.8. The second-order valence-electron chi connectivity index (χ2n) is 4.81. The highest BCUT2D eigenvalue weighted by Gasteiger charge is 2.30. The first-order valence-electron chi connectivity index (χ1n) is 6.76. The topological polar surface area (TPSA) is 77.3 Å². The van der Waals surface area contributed by atoms with Crippen LogP contribution in [0, 0.1) is 11.3 Å². The molecule has 114 valence electrons. The molecule has 1 aromatic heterocycles. The lowest BCUT2D eigenvalue weighted by atomic mass is 10.2. The Kier molecular flexibility index (Phi) is 4.11. The van der Waals surface area contributed by atoms with E-state index >= 15 is 0 Å². The molecule has 1 aliphatic heterocycles. The van der Waals surface area contributed by atoms with Gasteiger partial charge in [-0.05, 0) is 12.1 Å². The van der Waals surface area contributed by atoms with Crippen molar-refractivity contribution in [3.63, 3.8) is 0 Å². The number of nitriles is 1. The lowest BCUT2D eigenvalue weighted by molar-refractivity contribution is 0.384. The Balaban J connectivity index is 1.79. The zero-order chi connectivity index (χ0) is 15.6. The molecular weight excluding hydrogens is 320 g/mol. The molecule has 0 spiro atoms. The van der Waals surface area contributed by atoms with E-state index in [0.717, 1.165) is 5.13 Å². The largest absolute Gasteiger partial charge is 0.345 e. The number of piperazine rings is 1. The van der Waals surface area contributed by atoms with Crippen molar-refractivity contribution in [2.45, 2.75) is 4.90 Å². The van der Waals surface area contributed by atoms with Gasteiger partial charge in [-0.3, -0.25) is 0 Å². The Morgan fingerprint density at radius 2 is 1.91 bits per heavy atom. The van der Waals surface area contributed by atoms with Crippen LogP contribution < -0.4 is 4.90 Å². The van der Waals surface area contributed by atoms with Gasteiger partial charge in [0, 0.05) is 37.8 Å². The van der Waals surface area contributed by atoms with Crippen LogP contribution in [0.2, 0.25) is 0 Å². The SMILES string of the molecule is N#Cc1ccccc1S(=O)(=O)N1CCN(c2nccs2)CC1. The van der Waals surface area contributed by atoms with E-state index in [2.05, 4.69) is 9.88 Å². The fourth-order valence-corrected chi connectivity index (χ4v) is 4.68. The Bertz CT molecular complexity index is 789. The van der Waals surface area contributed by atoms with E-state index in [1.165, 1.54) is 16.4 Å². The van der Waals surface area contributed by atoms with Crippen molar-refractivity contribution in [3.8, 4) is 6.07 Å². The quantitative estimate of drug-likeness (QED) is 0.850. The summed E-state index contributed by atoms with van der Waals surface area (Å²) in [5, 5.41) is 11.9. The van der Waals surface area contributed by atoms with Crippen LogP contribution >= 0.6 is 11.3 Å². The first-order valence-corrected chi connectivity index (χ1v) is 9.08. The molecule has 0 unspecified atom stereocenters. The van der Waals surface area contributed by atoms with Gasteiger partial charge >= 0.3 is 0 Å². The van der Waals surface area contributed by atoms with E-state index in [9.17, 15) is 8.42 Å². The van der Waals surface area contributed by atoms with E-state index in [1.54, 1.807) is 29.7 Å². The zero-order valence-electron chi connectivity index (χ0n) is 11.7. The summed E-state index contributed by atoms with van der Waals surface area (Å²) in [6.45, 7) is 1.98. The minimum Gasteiger partial charge on any atom is -0.345 e. The van der Waals surface area contributed by atoms with Crippen LogP contribution in [0.3, 0.4) is 0 Å². The highest BCUT2D eigenvalue weighted by Crippen LogP contribution is 2.24. The molecule has 1 fully saturated rings. The van der Waals surface area contributed by atoms with Crippen LogP contribution in [0.25, 0.3) is 0 Å². The van der Waals surface area contributed by atoms with Gasteiger partial charge in [-0.15, -0.1) is 11.3 Å². The number of hydrogen-bond donors (Lipinski definition) is 0. The number of benzene rings is 1. The van der Waals surface area contributed by atoms with Gasteiger partial charge < -0.3 is 4.90 Å². The molecule has 2 heterocycles. The van der Waals surface area contributed by atoms with Gasteiger partial charge in [0.1, 0.15) is 6.07 Å². The van der Waals surface area contributed by atoms with Gasteiger partial charge in [-0.25, -0.2) is 13.4 Å². The van der Waals surface area contributed by atoms with E-state index in [-0.39, 0.29) is 10.5 Å². The average Bonchev–Trinajstić information content (AvgIpc) is 3.09. The number of aromatic nitrogens is 1. The average molecular weight is 334 g/mol. The van der Waals surface area contributed by atoms with Gasteiger partial charge in [0.15, 0.2) is 5.13 Å². The summed E-state index contributed by atoms with van der Waals surface area (Å²) in [5.74, 6) is 0. The molecule has 0 saturated carbocycles. The number of anilines is 1. The van der Waals surface area contributed by atoms with Gasteiger partial charge in [0.05, 0.1) is 10.5 Å². The summed E-state index contributed by atoms with van der Waals surface area (Å²) in [4.78, 5) is 6.41. The minimum absolute atomic E-state index is 0.0835. The third kappa shape index (κ3) is 2.70. The molecular formula is C14H14N4O2S2. The summed E-state index contributed by atoms with van der Waals surface area (Å²) in [6, 6.07) is 8.26. The molecule has 0 radical (unpaired) electrons. The van der Waals surface area contributed by atoms with Crippen molar-refractivity contribution in [2.24, 2.45) is 0 Å². The van der Waals surface area contributed by atoms with Crippen LogP contribution in [0.1, 0.15) is 5.56 Å². The van der Waals surface area contributed by atoms with Crippen LogP contribution in [-0.4, -0.2) is 43.9 Å². The van der Waals surface area contributed by atoms with Crippen molar-refractivity contribution in [1.29, 1.82) is 5.26 Å². The maximum atomic E-state index is 12.7. The second-order valence-corrected chi connectivity index (χ2v) is 7.59. The third-order valence-electron chi connectivity index (χ3n) is 3.55. The van der Waals surface area contributed by atoms with Gasteiger partial charge in [0.2, 0.25) is 10.0 Å². The molecule has 0 amide bonds. The minimum atomic E-state index is -3.63. The molecule has 8 heteroatoms. The van der Waals surface area contributed by atoms with Crippen LogP contribution in [-0.2, 0) is 10.0 Å². The summed E-state index contributed by atoms with van der Waals surface area (Å²) in [6.07, 6.45) is 1.74. The van der Waals surface area contributed by atoms with Crippen molar-refractivity contribution in [3.05, 3.63) is 41.4 Å². The van der Waals surface area contributed by atoms with E-state index in [4.69, 9.17) is 5.26 Å². The highest BCUT2D eigenvalue weighted by atomic mass is 32.2. The normalized spacial score (nSPS) is 16.4. The Hall–Kier alpha value is -1.95. The summed E-state index contributed by atoms with van der Waals surface area (Å²) in [5.41, 5.74) is 0.185. The van der Waals surface area contributed by atoms with Crippen molar-refractivity contribution < 1.29 is 8.42 Å². The third-order valence-corrected chi connectivity index (χ3v) is 6.34. The van der Waals surface area contributed by atoms with Crippen LogP contribution in [0.5, 0.6) is 0 Å². The molecule has 3 rings (SSSR count). The first-order chi connectivity index (χ1) is 10.6. The smallest absolute Gasteiger partial charge is 0.244 e. The maximum absolute atomic E-state index is 12.7. The number of rotatable bonds is 3. The van der Waals surface area contributed by atoms with Crippen molar-refractivity contribution >= 4 is 26.5 Å². The molecule has 1 aromatic carbocycles. The van der Waals surface area contributed by atoms with Crippen LogP contribution in [0.4, 0.5) is 5.13 Å². The molecule has 0 aliphatic carbocycles. The predicted octanol–water partition coefficient (Wildman–Crippen LogP) is 1.53. The van der Waals surface area contributed by atoms with Crippen LogP contribution in [0.15, 0.2) is 40.7 Å². The fraction of sp³-hybridized carbons (Fsp3) is 0.286. The molecule has 2 aromatic rings. The molecule has 0 N–H and O–H groups in total. The Morgan fingerprint density at radius 1 is 1.18 bits per heavy atom. The standard InChI is InChI=1S/C14H14N4O2S2/c15-11-12-3-1-2-4-13(12)22(19,20)18-8-6-17(7-9-18)14-16-5-10-21-14/h1-5,10H,6-9H2. The molecule has 1 saturated heterocycles. The van der Waals surface area contributed by atoms with Gasteiger partial charge in [0.25, 0.3) is 0 Å². The monoisotopic (exact) mass is 334 g/mol. The van der Waals surface area contributed by atoms with E-state index < -0.39 is 10.0 Å². The van der Waals surface area contributed by atoms with Gasteiger partial charge in [-0.1, -0.05) is 12.1 Å². The second kappa shape index (κ2) is 6.04. The lowest BCUT2D eigenvalue weighted by Gasteiger charge is -2.33. The first kappa shape index (κ1) is 15.0. The molecule has 1 aliphatic rings. The van der Waals surface area contributed by atoms with Crippen molar-refractivity contribution in [1.82, 2.24) is 9.29 Å².